The Morgan fingerprint density at radius 2 is 1.88 bits per heavy atom. The van der Waals surface area contributed by atoms with E-state index in [1.807, 2.05) is 20.8 Å². The largest absolute Gasteiger partial charge is 0.354 e. The van der Waals surface area contributed by atoms with E-state index in [0.717, 1.165) is 12.0 Å². The molecule has 1 aromatic carbocycles. The number of rotatable bonds is 8. The summed E-state index contributed by atoms with van der Waals surface area (Å²) in [5.41, 5.74) is 0.772. The van der Waals surface area contributed by atoms with Crippen molar-refractivity contribution in [3.05, 3.63) is 33.8 Å². The number of carbonyl (C=O) groups excluding carboxylic acids is 2. The SMILES string of the molecule is CCCC(=O)N(Cc1ccc(Cl)cc1Cl)C(C)C(=O)NCC(C)C. The summed E-state index contributed by atoms with van der Waals surface area (Å²) in [4.78, 5) is 26.4. The normalized spacial score (nSPS) is 12.1. The predicted molar refractivity (Wildman–Crippen MR) is 99.2 cm³/mol. The molecule has 0 heterocycles. The molecule has 2 amide bonds. The number of carbonyl (C=O) groups is 2. The zero-order chi connectivity index (χ0) is 18.3. The molecule has 0 saturated heterocycles. The summed E-state index contributed by atoms with van der Waals surface area (Å²) in [6, 6.07) is 4.60. The molecule has 6 heteroatoms. The van der Waals surface area contributed by atoms with E-state index in [-0.39, 0.29) is 18.4 Å². The summed E-state index contributed by atoms with van der Waals surface area (Å²) in [7, 11) is 0. The summed E-state index contributed by atoms with van der Waals surface area (Å²) in [5, 5.41) is 3.91. The van der Waals surface area contributed by atoms with Gasteiger partial charge in [0.05, 0.1) is 0 Å². The van der Waals surface area contributed by atoms with Crippen molar-refractivity contribution in [3.63, 3.8) is 0 Å². The fourth-order valence-electron chi connectivity index (χ4n) is 2.23. The molecule has 0 bridgehead atoms. The highest BCUT2D eigenvalue weighted by atomic mass is 35.5. The Morgan fingerprint density at radius 1 is 1.21 bits per heavy atom. The number of hydrogen-bond acceptors (Lipinski definition) is 2. The third-order valence-corrected chi connectivity index (χ3v) is 4.26. The highest BCUT2D eigenvalue weighted by Gasteiger charge is 2.26. The summed E-state index contributed by atoms with van der Waals surface area (Å²) in [6.45, 7) is 8.60. The van der Waals surface area contributed by atoms with Crippen LogP contribution in [0.2, 0.25) is 10.0 Å². The first kappa shape index (κ1) is 20.8. The zero-order valence-electron chi connectivity index (χ0n) is 14.7. The molecule has 1 N–H and O–H groups in total. The van der Waals surface area contributed by atoms with Crippen molar-refractivity contribution in [3.8, 4) is 0 Å². The van der Waals surface area contributed by atoms with Gasteiger partial charge in [0.2, 0.25) is 11.8 Å². The van der Waals surface area contributed by atoms with E-state index in [1.165, 1.54) is 0 Å². The van der Waals surface area contributed by atoms with Gasteiger partial charge in [-0.05, 0) is 37.0 Å². The molecular formula is C18H26Cl2N2O2. The van der Waals surface area contributed by atoms with E-state index in [0.29, 0.717) is 28.9 Å². The molecule has 0 aliphatic heterocycles. The quantitative estimate of drug-likeness (QED) is 0.739. The molecule has 24 heavy (non-hydrogen) atoms. The topological polar surface area (TPSA) is 49.4 Å². The first-order valence-electron chi connectivity index (χ1n) is 8.27. The Balaban J connectivity index is 2.94. The molecule has 0 fully saturated rings. The lowest BCUT2D eigenvalue weighted by molar-refractivity contribution is -0.140. The second kappa shape index (κ2) is 9.90. The second-order valence-corrected chi connectivity index (χ2v) is 7.17. The van der Waals surface area contributed by atoms with Crippen LogP contribution in [0, 0.1) is 5.92 Å². The van der Waals surface area contributed by atoms with Crippen LogP contribution in [0.4, 0.5) is 0 Å². The monoisotopic (exact) mass is 372 g/mol. The van der Waals surface area contributed by atoms with Crippen LogP contribution in [-0.4, -0.2) is 29.3 Å². The lowest BCUT2D eigenvalue weighted by Gasteiger charge is -2.29. The minimum atomic E-state index is -0.561. The number of nitrogens with zero attached hydrogens (tertiary/aromatic N) is 1. The van der Waals surface area contributed by atoms with Gasteiger partial charge in [-0.25, -0.2) is 0 Å². The smallest absolute Gasteiger partial charge is 0.242 e. The van der Waals surface area contributed by atoms with Gasteiger partial charge in [-0.1, -0.05) is 50.0 Å². The Morgan fingerprint density at radius 3 is 2.42 bits per heavy atom. The Hall–Kier alpha value is -1.26. The van der Waals surface area contributed by atoms with Crippen LogP contribution in [0.15, 0.2) is 18.2 Å². The summed E-state index contributed by atoms with van der Waals surface area (Å²) in [6.07, 6.45) is 1.12. The van der Waals surface area contributed by atoms with Gasteiger partial charge >= 0.3 is 0 Å². The molecule has 0 radical (unpaired) electrons. The van der Waals surface area contributed by atoms with Crippen molar-refractivity contribution in [2.75, 3.05) is 6.54 Å². The number of nitrogens with one attached hydrogen (secondary N) is 1. The molecule has 1 aromatic rings. The first-order valence-corrected chi connectivity index (χ1v) is 9.02. The maximum atomic E-state index is 12.5. The van der Waals surface area contributed by atoms with Crippen LogP contribution in [0.5, 0.6) is 0 Å². The highest BCUT2D eigenvalue weighted by Crippen LogP contribution is 2.23. The summed E-state index contributed by atoms with van der Waals surface area (Å²) >= 11 is 12.1. The van der Waals surface area contributed by atoms with Crippen LogP contribution in [0.3, 0.4) is 0 Å². The Labute approximate surface area is 154 Å². The van der Waals surface area contributed by atoms with Gasteiger partial charge in [-0.3, -0.25) is 9.59 Å². The van der Waals surface area contributed by atoms with Gasteiger partial charge < -0.3 is 10.2 Å². The standard InChI is InChI=1S/C18H26Cl2N2O2/c1-5-6-17(23)22(13(4)18(24)21-10-12(2)3)11-14-7-8-15(19)9-16(14)20/h7-9,12-13H,5-6,10-11H2,1-4H3,(H,21,24). The van der Waals surface area contributed by atoms with Crippen molar-refractivity contribution in [2.45, 2.75) is 53.1 Å². The van der Waals surface area contributed by atoms with Crippen LogP contribution >= 0.6 is 23.2 Å². The van der Waals surface area contributed by atoms with Gasteiger partial charge in [0.1, 0.15) is 6.04 Å². The molecule has 0 aliphatic rings. The predicted octanol–water partition coefficient (Wildman–Crippen LogP) is 4.28. The van der Waals surface area contributed by atoms with Gasteiger partial charge in [-0.15, -0.1) is 0 Å². The van der Waals surface area contributed by atoms with Crippen molar-refractivity contribution in [2.24, 2.45) is 5.92 Å². The molecule has 134 valence electrons. The van der Waals surface area contributed by atoms with Crippen LogP contribution < -0.4 is 5.32 Å². The van der Waals surface area contributed by atoms with Gasteiger partial charge in [0.15, 0.2) is 0 Å². The van der Waals surface area contributed by atoms with Gasteiger partial charge in [0.25, 0.3) is 0 Å². The van der Waals surface area contributed by atoms with Crippen LogP contribution in [0.1, 0.15) is 46.1 Å². The number of benzene rings is 1. The van der Waals surface area contributed by atoms with Crippen molar-refractivity contribution in [1.29, 1.82) is 0 Å². The lowest BCUT2D eigenvalue weighted by atomic mass is 10.1. The van der Waals surface area contributed by atoms with E-state index >= 15 is 0 Å². The average Bonchev–Trinajstić information content (AvgIpc) is 2.51. The molecule has 0 aliphatic carbocycles. The van der Waals surface area contributed by atoms with Crippen molar-refractivity contribution >= 4 is 35.0 Å². The molecule has 1 unspecified atom stereocenters. The average molecular weight is 373 g/mol. The van der Waals surface area contributed by atoms with E-state index < -0.39 is 6.04 Å². The van der Waals surface area contributed by atoms with Crippen LogP contribution in [0.25, 0.3) is 0 Å². The maximum Gasteiger partial charge on any atom is 0.242 e. The van der Waals surface area contributed by atoms with E-state index in [1.54, 1.807) is 30.0 Å². The first-order chi connectivity index (χ1) is 11.3. The van der Waals surface area contributed by atoms with Gasteiger partial charge in [0, 0.05) is 29.6 Å². The van der Waals surface area contributed by atoms with E-state index in [4.69, 9.17) is 23.2 Å². The zero-order valence-corrected chi connectivity index (χ0v) is 16.2. The molecular weight excluding hydrogens is 347 g/mol. The van der Waals surface area contributed by atoms with E-state index in [9.17, 15) is 9.59 Å². The minimum Gasteiger partial charge on any atom is -0.354 e. The third kappa shape index (κ3) is 6.33. The number of hydrogen-bond donors (Lipinski definition) is 1. The number of amides is 2. The number of halogens is 2. The molecule has 0 spiro atoms. The van der Waals surface area contributed by atoms with Crippen molar-refractivity contribution in [1.82, 2.24) is 10.2 Å². The molecule has 1 rings (SSSR count). The molecule has 4 nitrogen and oxygen atoms in total. The second-order valence-electron chi connectivity index (χ2n) is 6.32. The summed E-state index contributed by atoms with van der Waals surface area (Å²) < 4.78 is 0. The molecule has 1 atom stereocenters. The van der Waals surface area contributed by atoms with Gasteiger partial charge in [-0.2, -0.15) is 0 Å². The minimum absolute atomic E-state index is 0.0595. The molecule has 0 saturated carbocycles. The Kier molecular flexibility index (Phi) is 8.57. The fraction of sp³-hybridized carbons (Fsp3) is 0.556. The summed E-state index contributed by atoms with van der Waals surface area (Å²) in [5.74, 6) is 0.139. The van der Waals surface area contributed by atoms with E-state index in [2.05, 4.69) is 5.32 Å². The lowest BCUT2D eigenvalue weighted by Crippen LogP contribution is -2.48. The van der Waals surface area contributed by atoms with Crippen molar-refractivity contribution < 1.29 is 9.59 Å². The fourth-order valence-corrected chi connectivity index (χ4v) is 2.69. The Bertz CT molecular complexity index is 576. The third-order valence-electron chi connectivity index (χ3n) is 3.67. The highest BCUT2D eigenvalue weighted by molar-refractivity contribution is 6.35. The molecule has 0 aromatic heterocycles. The van der Waals surface area contributed by atoms with Crippen LogP contribution in [-0.2, 0) is 16.1 Å². The maximum absolute atomic E-state index is 12.5.